The average molecular weight is 616 g/mol. The molecular weight excluding hydrogens is 554 g/mol. The van der Waals surface area contributed by atoms with Crippen molar-refractivity contribution in [1.29, 1.82) is 0 Å². The van der Waals surface area contributed by atoms with E-state index >= 15 is 0 Å². The Bertz CT molecular complexity index is 1120. The van der Waals surface area contributed by atoms with Crippen LogP contribution in [0.2, 0.25) is 0 Å². The average Bonchev–Trinajstić information content (AvgIpc) is 3.53. The summed E-state index contributed by atoms with van der Waals surface area (Å²) >= 11 is 0. The normalized spacial score (nSPS) is 48.4. The number of carbonyl (C=O) groups excluding carboxylic acids is 1. The van der Waals surface area contributed by atoms with Gasteiger partial charge in [-0.25, -0.2) is 4.79 Å². The highest BCUT2D eigenvalue weighted by Gasteiger charge is 2.80. The smallest absolute Gasteiger partial charge is 0.410 e. The molecule has 5 saturated carbocycles. The van der Waals surface area contributed by atoms with E-state index in [0.29, 0.717) is 53.9 Å². The van der Waals surface area contributed by atoms with Gasteiger partial charge in [-0.1, -0.05) is 34.6 Å². The van der Waals surface area contributed by atoms with Crippen LogP contribution >= 0.6 is 0 Å². The lowest BCUT2D eigenvalue weighted by Gasteiger charge is -2.60. The number of nitrogens with zero attached hydrogens (tertiary/aromatic N) is 1. The lowest BCUT2D eigenvalue weighted by atomic mass is 9.46. The molecule has 1 N–H and O–H groups in total. The van der Waals surface area contributed by atoms with E-state index in [-0.39, 0.29) is 35.7 Å². The molecule has 0 radical (unpaired) electrons. The summed E-state index contributed by atoms with van der Waals surface area (Å²) in [7, 11) is 0. The second-order valence-electron chi connectivity index (χ2n) is 18.4. The van der Waals surface area contributed by atoms with Crippen LogP contribution in [-0.4, -0.2) is 72.1 Å². The third-order valence-electron chi connectivity index (χ3n) is 14.6. The molecule has 5 aliphatic carbocycles. The van der Waals surface area contributed by atoms with Gasteiger partial charge in [0.1, 0.15) is 5.60 Å². The lowest BCUT2D eigenvalue weighted by Crippen LogP contribution is -2.56. The van der Waals surface area contributed by atoms with Crippen molar-refractivity contribution < 1.29 is 28.8 Å². The molecule has 44 heavy (non-hydrogen) atoms. The van der Waals surface area contributed by atoms with E-state index in [9.17, 15) is 9.90 Å². The first kappa shape index (κ1) is 31.7. The van der Waals surface area contributed by atoms with Gasteiger partial charge in [0.15, 0.2) is 6.29 Å². The predicted molar refractivity (Wildman–Crippen MR) is 169 cm³/mol. The first-order valence-corrected chi connectivity index (χ1v) is 18.2. The van der Waals surface area contributed by atoms with Crippen LogP contribution in [0.5, 0.6) is 0 Å². The van der Waals surface area contributed by atoms with Gasteiger partial charge in [-0.15, -0.1) is 0 Å². The van der Waals surface area contributed by atoms with E-state index in [2.05, 4.69) is 34.6 Å². The highest BCUT2D eigenvalue weighted by Crippen LogP contribution is 2.87. The van der Waals surface area contributed by atoms with E-state index in [1.807, 2.05) is 20.8 Å². The zero-order chi connectivity index (χ0) is 31.4. The van der Waals surface area contributed by atoms with Gasteiger partial charge >= 0.3 is 6.09 Å². The van der Waals surface area contributed by atoms with Gasteiger partial charge in [-0.05, 0) is 136 Å². The highest BCUT2D eigenvalue weighted by molar-refractivity contribution is 5.68. The maximum atomic E-state index is 12.8. The van der Waals surface area contributed by atoms with Crippen molar-refractivity contribution in [2.24, 2.45) is 51.2 Å². The van der Waals surface area contributed by atoms with E-state index < -0.39 is 11.9 Å². The first-order chi connectivity index (χ1) is 20.6. The van der Waals surface area contributed by atoms with Gasteiger partial charge in [-0.3, -0.25) is 0 Å². The zero-order valence-electron chi connectivity index (χ0n) is 28.9. The van der Waals surface area contributed by atoms with Gasteiger partial charge in [-0.2, -0.15) is 0 Å². The van der Waals surface area contributed by atoms with Gasteiger partial charge in [0.25, 0.3) is 0 Å². The number of aliphatic hydroxyl groups excluding tert-OH is 1. The molecule has 250 valence electrons. The predicted octanol–water partition coefficient (Wildman–Crippen LogP) is 7.19. The molecule has 7 heteroatoms. The molecule has 2 aliphatic heterocycles. The minimum Gasteiger partial charge on any atom is -0.444 e. The Kier molecular flexibility index (Phi) is 7.60. The molecule has 0 bridgehead atoms. The second kappa shape index (κ2) is 10.6. The number of aliphatic hydroxyl groups is 1. The van der Waals surface area contributed by atoms with Crippen molar-refractivity contribution in [3.05, 3.63) is 0 Å². The van der Waals surface area contributed by atoms with Crippen LogP contribution in [0.25, 0.3) is 0 Å². The summed E-state index contributed by atoms with van der Waals surface area (Å²) in [5, 5.41) is 10.8. The fraction of sp³-hybridized carbons (Fsp3) is 0.973. The van der Waals surface area contributed by atoms with Crippen LogP contribution < -0.4 is 0 Å². The standard InChI is InChI=1S/C37H61NO6/c1-22(2)31(39)26-11-9-24-27(42-26)19-25-23-10-12-28-34(6,7)29(13-14-37(28)21-36(23,37)16-15-35(24,25)8)43-30-20-38(17-18-41-30)32(40)44-33(3,4)5/h22-31,39H,9-21H2,1-8H3/t23?,24?,25?,26?,27?,28?,29-,30?,31+,35?,36?,37+/m0/s1. The van der Waals surface area contributed by atoms with Gasteiger partial charge in [0, 0.05) is 6.54 Å². The summed E-state index contributed by atoms with van der Waals surface area (Å²) in [6.45, 7) is 19.0. The quantitative estimate of drug-likeness (QED) is 0.361. The molecule has 2 heterocycles. The van der Waals surface area contributed by atoms with E-state index in [0.717, 1.165) is 24.7 Å². The highest BCUT2D eigenvalue weighted by atomic mass is 16.7. The van der Waals surface area contributed by atoms with Crippen LogP contribution in [0.1, 0.15) is 120 Å². The zero-order valence-corrected chi connectivity index (χ0v) is 28.9. The van der Waals surface area contributed by atoms with Crippen molar-refractivity contribution in [2.75, 3.05) is 19.7 Å². The minimum absolute atomic E-state index is 0.0115. The first-order valence-electron chi connectivity index (χ1n) is 18.2. The summed E-state index contributed by atoms with van der Waals surface area (Å²) in [5.41, 5.74) is 0.906. The van der Waals surface area contributed by atoms with E-state index in [1.165, 1.54) is 51.4 Å². The summed E-state index contributed by atoms with van der Waals surface area (Å²) in [4.78, 5) is 14.5. The molecule has 0 aromatic rings. The van der Waals surface area contributed by atoms with Crippen molar-refractivity contribution in [3.63, 3.8) is 0 Å². The van der Waals surface area contributed by atoms with Crippen LogP contribution in [0.3, 0.4) is 0 Å². The van der Waals surface area contributed by atoms with Crippen molar-refractivity contribution in [2.45, 2.75) is 156 Å². The summed E-state index contributed by atoms with van der Waals surface area (Å²) < 4.78 is 25.3. The SMILES string of the molecule is CC(C)[C@@H](O)C1CCC2C(CC3C4CCC5C(C)(C)[C@@H](OC6CN(C(=O)OC(C)(C)C)CCO6)CC[C@@]56CC46CCC23C)O1. The molecule has 7 aliphatic rings. The Morgan fingerprint density at radius 1 is 0.955 bits per heavy atom. The largest absolute Gasteiger partial charge is 0.444 e. The molecule has 12 atom stereocenters. The van der Waals surface area contributed by atoms with Crippen LogP contribution in [0.15, 0.2) is 0 Å². The van der Waals surface area contributed by atoms with Crippen LogP contribution in [0.4, 0.5) is 4.79 Å². The number of carbonyl (C=O) groups is 1. The third kappa shape index (κ3) is 4.74. The number of rotatable bonds is 4. The number of amides is 1. The summed E-state index contributed by atoms with van der Waals surface area (Å²) in [6.07, 6.45) is 12.0. The maximum Gasteiger partial charge on any atom is 0.410 e. The topological polar surface area (TPSA) is 77.5 Å². The Hall–Kier alpha value is -0.890. The molecule has 0 aromatic heterocycles. The monoisotopic (exact) mass is 615 g/mol. The molecule has 0 aromatic carbocycles. The summed E-state index contributed by atoms with van der Waals surface area (Å²) in [6, 6.07) is 0. The molecular formula is C37H61NO6. The molecule has 7 nitrogen and oxygen atoms in total. The van der Waals surface area contributed by atoms with E-state index in [1.54, 1.807) is 4.90 Å². The molecule has 9 unspecified atom stereocenters. The summed E-state index contributed by atoms with van der Waals surface area (Å²) in [5.74, 6) is 3.15. The van der Waals surface area contributed by atoms with E-state index in [4.69, 9.17) is 18.9 Å². The maximum absolute atomic E-state index is 12.8. The van der Waals surface area contributed by atoms with Crippen molar-refractivity contribution in [3.8, 4) is 0 Å². The number of hydrogen-bond acceptors (Lipinski definition) is 6. The Labute approximate surface area is 266 Å². The van der Waals surface area contributed by atoms with Crippen molar-refractivity contribution in [1.82, 2.24) is 4.90 Å². The minimum atomic E-state index is -0.511. The molecule has 2 spiro atoms. The van der Waals surface area contributed by atoms with Crippen molar-refractivity contribution >= 4 is 6.09 Å². The van der Waals surface area contributed by atoms with Crippen LogP contribution in [-0.2, 0) is 18.9 Å². The second-order valence-corrected chi connectivity index (χ2v) is 18.4. The molecule has 1 amide bonds. The number of hydrogen-bond donors (Lipinski definition) is 1. The van der Waals surface area contributed by atoms with Gasteiger partial charge in [0.2, 0.25) is 0 Å². The molecule has 7 fully saturated rings. The number of morpholine rings is 1. The molecule has 2 saturated heterocycles. The number of ether oxygens (including phenoxy) is 4. The van der Waals surface area contributed by atoms with Crippen LogP contribution in [0, 0.1) is 51.2 Å². The fourth-order valence-corrected chi connectivity index (χ4v) is 12.6. The van der Waals surface area contributed by atoms with Gasteiger partial charge < -0.3 is 29.0 Å². The fourth-order valence-electron chi connectivity index (χ4n) is 12.6. The van der Waals surface area contributed by atoms with Gasteiger partial charge in [0.05, 0.1) is 37.6 Å². The Morgan fingerprint density at radius 3 is 2.43 bits per heavy atom. The lowest BCUT2D eigenvalue weighted by molar-refractivity contribution is -0.243. The third-order valence-corrected chi connectivity index (χ3v) is 14.6. The molecule has 7 rings (SSSR count). The Balaban J connectivity index is 1.03. The number of fused-ring (bicyclic) bond motifs is 4. The Morgan fingerprint density at radius 2 is 1.70 bits per heavy atom.